The summed E-state index contributed by atoms with van der Waals surface area (Å²) in [5, 5.41) is 5.57. The Labute approximate surface area is 169 Å². The second-order valence-corrected chi connectivity index (χ2v) is 8.48. The van der Waals surface area contributed by atoms with Gasteiger partial charge in [-0.25, -0.2) is 13.1 Å². The molecule has 0 spiro atoms. The predicted octanol–water partition coefficient (Wildman–Crippen LogP) is 2.21. The first kappa shape index (κ1) is 21.0. The summed E-state index contributed by atoms with van der Waals surface area (Å²) in [6.45, 7) is 0.431. The molecule has 0 unspecified atom stereocenters. The van der Waals surface area contributed by atoms with E-state index >= 15 is 0 Å². The summed E-state index contributed by atoms with van der Waals surface area (Å²) in [6, 6.07) is 12.5. The van der Waals surface area contributed by atoms with E-state index in [4.69, 9.17) is 4.74 Å². The van der Waals surface area contributed by atoms with Crippen LogP contribution in [0.4, 0.5) is 11.4 Å². The van der Waals surface area contributed by atoms with Gasteiger partial charge in [0.1, 0.15) is 0 Å². The second kappa shape index (κ2) is 9.17. The third kappa shape index (κ3) is 5.86. The normalized spacial score (nSPS) is 13.7. The van der Waals surface area contributed by atoms with Crippen molar-refractivity contribution in [3.05, 3.63) is 54.1 Å². The van der Waals surface area contributed by atoms with E-state index in [1.54, 1.807) is 24.3 Å². The zero-order chi connectivity index (χ0) is 20.9. The third-order valence-corrected chi connectivity index (χ3v) is 5.86. The molecular formula is C20H23N3O5S. The lowest BCUT2D eigenvalue weighted by molar-refractivity contribution is -0.117. The van der Waals surface area contributed by atoms with Crippen molar-refractivity contribution in [3.8, 4) is 0 Å². The van der Waals surface area contributed by atoms with Gasteiger partial charge in [-0.2, -0.15) is 0 Å². The Morgan fingerprint density at radius 1 is 0.966 bits per heavy atom. The van der Waals surface area contributed by atoms with Crippen LogP contribution in [0.1, 0.15) is 23.2 Å². The minimum Gasteiger partial charge on any atom is -0.383 e. The van der Waals surface area contributed by atoms with Crippen LogP contribution in [-0.4, -0.2) is 40.5 Å². The van der Waals surface area contributed by atoms with Crippen LogP contribution >= 0.6 is 0 Å². The molecule has 2 amide bonds. The van der Waals surface area contributed by atoms with Gasteiger partial charge < -0.3 is 15.4 Å². The predicted molar refractivity (Wildman–Crippen MR) is 109 cm³/mol. The largest absolute Gasteiger partial charge is 0.383 e. The molecule has 0 saturated heterocycles. The molecule has 0 radical (unpaired) electrons. The number of hydrogen-bond donors (Lipinski definition) is 3. The average Bonchev–Trinajstić information content (AvgIpc) is 3.55. The quantitative estimate of drug-likeness (QED) is 0.542. The lowest BCUT2D eigenvalue weighted by Crippen LogP contribution is -2.27. The Bertz CT molecular complexity index is 968. The van der Waals surface area contributed by atoms with Crippen molar-refractivity contribution < 1.29 is 22.7 Å². The number of anilines is 2. The van der Waals surface area contributed by atoms with E-state index in [9.17, 15) is 18.0 Å². The van der Waals surface area contributed by atoms with Crippen molar-refractivity contribution in [3.63, 3.8) is 0 Å². The van der Waals surface area contributed by atoms with E-state index in [-0.39, 0.29) is 35.8 Å². The standard InChI is InChI=1S/C20H23N3O5S/c1-28-13-12-21-29(26,27)18-10-4-15(5-11-18)20(25)23-17-8-6-16(7-9-17)22-19(24)14-2-3-14/h4-11,14,21H,2-3,12-13H2,1H3,(H,22,24)(H,23,25). The van der Waals surface area contributed by atoms with Crippen LogP contribution in [0.5, 0.6) is 0 Å². The van der Waals surface area contributed by atoms with Gasteiger partial charge in [0.05, 0.1) is 11.5 Å². The molecule has 1 fully saturated rings. The molecule has 9 heteroatoms. The maximum Gasteiger partial charge on any atom is 0.255 e. The first-order valence-electron chi connectivity index (χ1n) is 9.20. The molecule has 2 aromatic rings. The fraction of sp³-hybridized carbons (Fsp3) is 0.300. The monoisotopic (exact) mass is 417 g/mol. The summed E-state index contributed by atoms with van der Waals surface area (Å²) < 4.78 is 31.5. The van der Waals surface area contributed by atoms with Crippen LogP contribution in [0.3, 0.4) is 0 Å². The maximum atomic E-state index is 12.4. The molecular weight excluding hydrogens is 394 g/mol. The van der Waals surface area contributed by atoms with Crippen molar-refractivity contribution in [2.24, 2.45) is 5.92 Å². The second-order valence-electron chi connectivity index (χ2n) is 6.71. The molecule has 29 heavy (non-hydrogen) atoms. The lowest BCUT2D eigenvalue weighted by atomic mass is 10.2. The van der Waals surface area contributed by atoms with Crippen LogP contribution in [0.2, 0.25) is 0 Å². The molecule has 1 aliphatic rings. The van der Waals surface area contributed by atoms with Crippen molar-refractivity contribution in [2.45, 2.75) is 17.7 Å². The van der Waals surface area contributed by atoms with Gasteiger partial charge >= 0.3 is 0 Å². The molecule has 3 rings (SSSR count). The van der Waals surface area contributed by atoms with Crippen molar-refractivity contribution in [1.29, 1.82) is 0 Å². The van der Waals surface area contributed by atoms with E-state index in [2.05, 4.69) is 15.4 Å². The van der Waals surface area contributed by atoms with Gasteiger partial charge in [-0.15, -0.1) is 0 Å². The highest BCUT2D eigenvalue weighted by atomic mass is 32.2. The molecule has 0 aromatic heterocycles. The van der Waals surface area contributed by atoms with E-state index in [1.165, 1.54) is 31.4 Å². The lowest BCUT2D eigenvalue weighted by Gasteiger charge is -2.09. The average molecular weight is 417 g/mol. The first-order valence-corrected chi connectivity index (χ1v) is 10.7. The Hall–Kier alpha value is -2.75. The molecule has 0 bridgehead atoms. The Morgan fingerprint density at radius 2 is 1.55 bits per heavy atom. The van der Waals surface area contributed by atoms with Gasteiger partial charge in [-0.3, -0.25) is 9.59 Å². The molecule has 0 atom stereocenters. The molecule has 8 nitrogen and oxygen atoms in total. The zero-order valence-corrected chi connectivity index (χ0v) is 16.8. The Morgan fingerprint density at radius 3 is 2.10 bits per heavy atom. The number of hydrogen-bond acceptors (Lipinski definition) is 5. The number of ether oxygens (including phenoxy) is 1. The number of methoxy groups -OCH3 is 1. The van der Waals surface area contributed by atoms with Gasteiger partial charge in [0.15, 0.2) is 0 Å². The summed E-state index contributed by atoms with van der Waals surface area (Å²) in [5.74, 6) is -0.221. The summed E-state index contributed by atoms with van der Waals surface area (Å²) in [4.78, 5) is 24.2. The summed E-state index contributed by atoms with van der Waals surface area (Å²) >= 11 is 0. The number of rotatable bonds is 9. The van der Waals surface area contributed by atoms with E-state index in [0.717, 1.165) is 12.8 Å². The van der Waals surface area contributed by atoms with Gasteiger partial charge in [-0.05, 0) is 61.4 Å². The SMILES string of the molecule is COCCNS(=O)(=O)c1ccc(C(=O)Nc2ccc(NC(=O)C3CC3)cc2)cc1. The number of benzene rings is 2. The fourth-order valence-corrected chi connectivity index (χ4v) is 3.59. The van der Waals surface area contributed by atoms with E-state index < -0.39 is 10.0 Å². The maximum absolute atomic E-state index is 12.4. The first-order chi connectivity index (χ1) is 13.9. The van der Waals surface area contributed by atoms with Crippen LogP contribution in [0.25, 0.3) is 0 Å². The Kier molecular flexibility index (Phi) is 6.63. The Balaban J connectivity index is 1.58. The molecule has 0 heterocycles. The highest BCUT2D eigenvalue weighted by molar-refractivity contribution is 7.89. The van der Waals surface area contributed by atoms with Crippen LogP contribution in [0.15, 0.2) is 53.4 Å². The number of sulfonamides is 1. The minimum absolute atomic E-state index is 0.0218. The topological polar surface area (TPSA) is 114 Å². The molecule has 2 aromatic carbocycles. The molecule has 1 aliphatic carbocycles. The van der Waals surface area contributed by atoms with E-state index in [0.29, 0.717) is 16.9 Å². The van der Waals surface area contributed by atoms with Gasteiger partial charge in [0, 0.05) is 36.5 Å². The molecule has 154 valence electrons. The van der Waals surface area contributed by atoms with E-state index in [1.807, 2.05) is 0 Å². The number of amides is 2. The molecule has 0 aliphatic heterocycles. The van der Waals surface area contributed by atoms with Gasteiger partial charge in [0.25, 0.3) is 5.91 Å². The summed E-state index contributed by atoms with van der Waals surface area (Å²) in [7, 11) is -2.16. The number of carbonyl (C=O) groups excluding carboxylic acids is 2. The van der Waals surface area contributed by atoms with Gasteiger partial charge in [0.2, 0.25) is 15.9 Å². The summed E-state index contributed by atoms with van der Waals surface area (Å²) in [5.41, 5.74) is 1.57. The van der Waals surface area contributed by atoms with Crippen LogP contribution in [-0.2, 0) is 19.6 Å². The fourth-order valence-electron chi connectivity index (χ4n) is 2.58. The third-order valence-electron chi connectivity index (χ3n) is 4.38. The van der Waals surface area contributed by atoms with Crippen LogP contribution in [0, 0.1) is 5.92 Å². The highest BCUT2D eigenvalue weighted by Gasteiger charge is 2.29. The molecule has 3 N–H and O–H groups in total. The molecule has 1 saturated carbocycles. The van der Waals surface area contributed by atoms with Crippen LogP contribution < -0.4 is 15.4 Å². The zero-order valence-electron chi connectivity index (χ0n) is 16.0. The van der Waals surface area contributed by atoms with Crippen molar-refractivity contribution >= 4 is 33.2 Å². The summed E-state index contributed by atoms with van der Waals surface area (Å²) in [6.07, 6.45) is 1.87. The number of carbonyl (C=O) groups is 2. The number of nitrogens with one attached hydrogen (secondary N) is 3. The van der Waals surface area contributed by atoms with Gasteiger partial charge in [-0.1, -0.05) is 0 Å². The highest BCUT2D eigenvalue weighted by Crippen LogP contribution is 2.30. The van der Waals surface area contributed by atoms with Crippen molar-refractivity contribution in [1.82, 2.24) is 4.72 Å². The minimum atomic E-state index is -3.65. The smallest absolute Gasteiger partial charge is 0.255 e. The van der Waals surface area contributed by atoms with Crippen molar-refractivity contribution in [2.75, 3.05) is 30.9 Å².